The summed E-state index contributed by atoms with van der Waals surface area (Å²) in [4.78, 5) is 20.2. The number of fused-ring (bicyclic) bond motifs is 6. The van der Waals surface area contributed by atoms with Gasteiger partial charge >= 0.3 is 0 Å². The van der Waals surface area contributed by atoms with Gasteiger partial charge in [-0.3, -0.25) is 0 Å². The Hall–Kier alpha value is -3.80. The van der Waals surface area contributed by atoms with E-state index in [0.717, 1.165) is 49.5 Å². The quantitative estimate of drug-likeness (QED) is 0.479. The minimum absolute atomic E-state index is 0.698. The molecule has 6 nitrogen and oxygen atoms in total. The molecule has 2 aromatic carbocycles. The largest absolute Gasteiger partial charge is 0.453 e. The number of aromatic nitrogens is 5. The van der Waals surface area contributed by atoms with Crippen LogP contribution in [0.1, 0.15) is 0 Å². The van der Waals surface area contributed by atoms with E-state index < -0.39 is 0 Å². The maximum absolute atomic E-state index is 5.81. The third kappa shape index (κ3) is 1.81. The molecular formula is C20H11N5O. The van der Waals surface area contributed by atoms with Crippen molar-refractivity contribution in [1.82, 2.24) is 24.9 Å². The number of H-pyrrole nitrogens is 1. The smallest absolute Gasteiger partial charge is 0.172 e. The zero-order valence-corrected chi connectivity index (χ0v) is 13.5. The predicted molar refractivity (Wildman–Crippen MR) is 99.7 cm³/mol. The Labute approximate surface area is 146 Å². The molecule has 0 amide bonds. The first kappa shape index (κ1) is 13.5. The molecule has 0 unspecified atom stereocenters. The summed E-state index contributed by atoms with van der Waals surface area (Å²) in [7, 11) is 0. The Bertz CT molecular complexity index is 1450. The summed E-state index contributed by atoms with van der Waals surface area (Å²) in [5.41, 5.74) is 7.47. The summed E-state index contributed by atoms with van der Waals surface area (Å²) in [5.74, 6) is 0. The van der Waals surface area contributed by atoms with Crippen LogP contribution in [-0.2, 0) is 0 Å². The highest BCUT2D eigenvalue weighted by Crippen LogP contribution is 2.33. The molecule has 6 aromatic rings. The second-order valence-corrected chi connectivity index (χ2v) is 6.22. The fraction of sp³-hybridized carbons (Fsp3) is 0. The van der Waals surface area contributed by atoms with E-state index in [1.165, 1.54) is 0 Å². The van der Waals surface area contributed by atoms with Gasteiger partial charge in [0.25, 0.3) is 0 Å². The van der Waals surface area contributed by atoms with Crippen LogP contribution >= 0.6 is 0 Å². The van der Waals surface area contributed by atoms with Crippen LogP contribution in [-0.4, -0.2) is 24.9 Å². The molecule has 0 bridgehead atoms. The molecule has 0 saturated carbocycles. The number of hydrogen-bond donors (Lipinski definition) is 1. The molecule has 122 valence electrons. The highest BCUT2D eigenvalue weighted by molar-refractivity contribution is 6.07. The number of furan rings is 1. The number of nitrogens with one attached hydrogen (secondary N) is 1. The molecule has 0 aliphatic heterocycles. The first-order valence-corrected chi connectivity index (χ1v) is 8.21. The average molecular weight is 337 g/mol. The van der Waals surface area contributed by atoms with Crippen LogP contribution in [0, 0.1) is 0 Å². The van der Waals surface area contributed by atoms with Gasteiger partial charge in [0, 0.05) is 16.3 Å². The molecule has 0 saturated heterocycles. The molecule has 0 aliphatic carbocycles. The van der Waals surface area contributed by atoms with Crippen molar-refractivity contribution < 1.29 is 4.42 Å². The molecule has 0 spiro atoms. The van der Waals surface area contributed by atoms with Crippen molar-refractivity contribution >= 4 is 44.0 Å². The van der Waals surface area contributed by atoms with Crippen LogP contribution in [0.15, 0.2) is 65.9 Å². The molecule has 26 heavy (non-hydrogen) atoms. The van der Waals surface area contributed by atoms with Crippen LogP contribution < -0.4 is 0 Å². The Morgan fingerprint density at radius 2 is 1.50 bits per heavy atom. The highest BCUT2D eigenvalue weighted by atomic mass is 16.3. The molecule has 0 fully saturated rings. The predicted octanol–water partition coefficient (Wildman–Crippen LogP) is 4.47. The molecule has 0 atom stereocenters. The van der Waals surface area contributed by atoms with E-state index in [-0.39, 0.29) is 0 Å². The van der Waals surface area contributed by atoms with E-state index in [0.29, 0.717) is 5.58 Å². The molecule has 0 radical (unpaired) electrons. The molecule has 4 heterocycles. The second kappa shape index (κ2) is 4.86. The van der Waals surface area contributed by atoms with Gasteiger partial charge in [0.05, 0.1) is 23.4 Å². The Morgan fingerprint density at radius 3 is 2.46 bits per heavy atom. The number of rotatable bonds is 1. The van der Waals surface area contributed by atoms with Gasteiger partial charge in [0.2, 0.25) is 0 Å². The number of hydrogen-bond acceptors (Lipinski definition) is 5. The van der Waals surface area contributed by atoms with E-state index in [9.17, 15) is 0 Å². The van der Waals surface area contributed by atoms with Crippen LogP contribution in [0.2, 0.25) is 0 Å². The van der Waals surface area contributed by atoms with Gasteiger partial charge in [-0.1, -0.05) is 18.2 Å². The van der Waals surface area contributed by atoms with Crippen molar-refractivity contribution in [1.29, 1.82) is 0 Å². The van der Waals surface area contributed by atoms with E-state index >= 15 is 0 Å². The van der Waals surface area contributed by atoms with Gasteiger partial charge in [-0.25, -0.2) is 19.9 Å². The van der Waals surface area contributed by atoms with Gasteiger partial charge < -0.3 is 9.40 Å². The standard InChI is InChI=1S/C20H11N5O/c1-3-13-15(25-16-7-21-9-23-19(13)16)6-12(1)11-2-4-17-14(5-11)20-18(26-17)8-22-10-24-20/h1-10,25H. The fourth-order valence-electron chi connectivity index (χ4n) is 3.51. The summed E-state index contributed by atoms with van der Waals surface area (Å²) in [6.07, 6.45) is 6.61. The van der Waals surface area contributed by atoms with Gasteiger partial charge in [-0.15, -0.1) is 0 Å². The second-order valence-electron chi connectivity index (χ2n) is 6.22. The molecule has 4 aromatic heterocycles. The normalized spacial score (nSPS) is 11.8. The molecule has 0 aliphatic rings. The minimum Gasteiger partial charge on any atom is -0.453 e. The molecule has 1 N–H and O–H groups in total. The van der Waals surface area contributed by atoms with E-state index in [4.69, 9.17) is 4.42 Å². The van der Waals surface area contributed by atoms with Crippen molar-refractivity contribution in [2.24, 2.45) is 0 Å². The monoisotopic (exact) mass is 337 g/mol. The Balaban J connectivity index is 1.59. The minimum atomic E-state index is 0.698. The zero-order valence-electron chi connectivity index (χ0n) is 13.5. The van der Waals surface area contributed by atoms with Crippen molar-refractivity contribution in [3.8, 4) is 11.1 Å². The van der Waals surface area contributed by atoms with Crippen molar-refractivity contribution in [2.75, 3.05) is 0 Å². The van der Waals surface area contributed by atoms with Crippen LogP contribution in [0.4, 0.5) is 0 Å². The van der Waals surface area contributed by atoms with Gasteiger partial charge in [0.15, 0.2) is 5.58 Å². The van der Waals surface area contributed by atoms with Crippen molar-refractivity contribution in [2.45, 2.75) is 0 Å². The maximum Gasteiger partial charge on any atom is 0.172 e. The Kier molecular flexibility index (Phi) is 2.52. The zero-order chi connectivity index (χ0) is 17.1. The number of aromatic amines is 1. The molecule has 6 rings (SSSR count). The first-order chi connectivity index (χ1) is 12.9. The van der Waals surface area contributed by atoms with Gasteiger partial charge in [0.1, 0.15) is 23.8 Å². The fourth-order valence-corrected chi connectivity index (χ4v) is 3.51. The summed E-state index contributed by atoms with van der Waals surface area (Å²) < 4.78 is 5.81. The van der Waals surface area contributed by atoms with E-state index in [1.807, 2.05) is 6.07 Å². The van der Waals surface area contributed by atoms with Crippen LogP contribution in [0.3, 0.4) is 0 Å². The van der Waals surface area contributed by atoms with Crippen LogP contribution in [0.25, 0.3) is 55.1 Å². The van der Waals surface area contributed by atoms with Crippen LogP contribution in [0.5, 0.6) is 0 Å². The van der Waals surface area contributed by atoms with Crippen molar-refractivity contribution in [3.05, 3.63) is 61.4 Å². The third-order valence-electron chi connectivity index (χ3n) is 4.72. The summed E-state index contributed by atoms with van der Waals surface area (Å²) in [6.45, 7) is 0. The van der Waals surface area contributed by atoms with E-state index in [2.05, 4.69) is 55.3 Å². The lowest BCUT2D eigenvalue weighted by molar-refractivity contribution is 0.665. The maximum atomic E-state index is 5.81. The SMILES string of the molecule is c1ncc2[nH]c3cc(-c4ccc5oc6cncnc6c5c4)ccc3c2n1. The third-order valence-corrected chi connectivity index (χ3v) is 4.72. The molecule has 6 heteroatoms. The lowest BCUT2D eigenvalue weighted by atomic mass is 10.0. The topological polar surface area (TPSA) is 80.5 Å². The first-order valence-electron chi connectivity index (χ1n) is 8.21. The van der Waals surface area contributed by atoms with E-state index in [1.54, 1.807) is 25.0 Å². The lowest BCUT2D eigenvalue weighted by Crippen LogP contribution is -1.80. The van der Waals surface area contributed by atoms with Crippen molar-refractivity contribution in [3.63, 3.8) is 0 Å². The highest BCUT2D eigenvalue weighted by Gasteiger charge is 2.11. The summed E-state index contributed by atoms with van der Waals surface area (Å²) in [6, 6.07) is 12.5. The summed E-state index contributed by atoms with van der Waals surface area (Å²) in [5, 5.41) is 2.08. The lowest BCUT2D eigenvalue weighted by Gasteiger charge is -2.02. The Morgan fingerprint density at radius 1 is 0.692 bits per heavy atom. The average Bonchev–Trinajstić information content (AvgIpc) is 3.25. The van der Waals surface area contributed by atoms with Gasteiger partial charge in [-0.05, 0) is 29.3 Å². The number of benzene rings is 2. The van der Waals surface area contributed by atoms with Gasteiger partial charge in [-0.2, -0.15) is 0 Å². The molecular weight excluding hydrogens is 326 g/mol. The number of nitrogens with zero attached hydrogens (tertiary/aromatic N) is 4. The summed E-state index contributed by atoms with van der Waals surface area (Å²) >= 11 is 0.